The number of hydrogen-bond donors (Lipinski definition) is 1. The number of Topliss-reactive ketones (excluding diaryl/α,β-unsaturated/α-hetero) is 1. The number of nitrogens with two attached hydrogens (primary N) is 1. The highest BCUT2D eigenvalue weighted by Crippen LogP contribution is 2.22. The maximum absolute atomic E-state index is 13.1. The second-order valence-electron chi connectivity index (χ2n) is 2.74. The maximum atomic E-state index is 13.1. The van der Waals surface area contributed by atoms with Gasteiger partial charge in [-0.05, 0) is 17.7 Å². The molecule has 0 saturated carbocycles. The molecule has 0 bridgehead atoms. The van der Waals surface area contributed by atoms with Gasteiger partial charge >= 0.3 is 0 Å². The number of benzene rings is 1. The Kier molecular flexibility index (Phi) is 3.11. The van der Waals surface area contributed by atoms with Gasteiger partial charge in [-0.15, -0.1) is 0 Å². The van der Waals surface area contributed by atoms with Gasteiger partial charge in [0, 0.05) is 5.69 Å². The minimum atomic E-state index is -3.30. The van der Waals surface area contributed by atoms with Crippen LogP contribution in [0.3, 0.4) is 0 Å². The quantitative estimate of drug-likeness (QED) is 0.764. The van der Waals surface area contributed by atoms with E-state index in [0.717, 1.165) is 6.07 Å². The summed E-state index contributed by atoms with van der Waals surface area (Å²) in [6.45, 7) is 0. The number of carbonyl (C=O) groups excluding carboxylic acids is 1. The van der Waals surface area contributed by atoms with Crippen LogP contribution in [-0.4, -0.2) is 12.2 Å². The molecule has 1 aromatic rings. The van der Waals surface area contributed by atoms with Crippen molar-refractivity contribution in [2.45, 2.75) is 12.6 Å². The van der Waals surface area contributed by atoms with Crippen molar-refractivity contribution < 1.29 is 18.0 Å². The molecule has 76 valence electrons. The molecule has 0 heterocycles. The predicted molar refractivity (Wildman–Crippen MR) is 45.7 cm³/mol. The molecule has 5 heteroatoms. The van der Waals surface area contributed by atoms with E-state index in [4.69, 9.17) is 5.73 Å². The first-order chi connectivity index (χ1) is 6.52. The minimum Gasteiger partial charge on any atom is -0.399 e. The predicted octanol–water partition coefficient (Wildman–Crippen LogP) is 2.11. The third kappa shape index (κ3) is 2.25. The van der Waals surface area contributed by atoms with Gasteiger partial charge in [0.1, 0.15) is 0 Å². The fourth-order valence-corrected chi connectivity index (χ4v) is 0.992. The van der Waals surface area contributed by atoms with Gasteiger partial charge < -0.3 is 5.73 Å². The zero-order chi connectivity index (χ0) is 10.7. The standard InChI is InChI=1S/C9H8F3NO/c10-7(8(14)9(11)12)5-2-1-3-6(13)4-5/h1-4,7,9H,13H2. The summed E-state index contributed by atoms with van der Waals surface area (Å²) in [6.07, 6.45) is -5.61. The summed E-state index contributed by atoms with van der Waals surface area (Å²) in [5.41, 5.74) is 5.39. The molecule has 1 rings (SSSR count). The summed E-state index contributed by atoms with van der Waals surface area (Å²) in [5, 5.41) is 0. The minimum absolute atomic E-state index is 0.143. The molecule has 1 atom stereocenters. The molecule has 0 aromatic heterocycles. The van der Waals surface area contributed by atoms with E-state index < -0.39 is 18.4 Å². The molecular weight excluding hydrogens is 195 g/mol. The highest BCUT2D eigenvalue weighted by atomic mass is 19.3. The molecule has 0 aliphatic heterocycles. The summed E-state index contributed by atoms with van der Waals surface area (Å²) in [4.78, 5) is 10.6. The molecule has 0 saturated heterocycles. The first-order valence-electron chi connectivity index (χ1n) is 3.83. The van der Waals surface area contributed by atoms with E-state index >= 15 is 0 Å². The third-order valence-electron chi connectivity index (χ3n) is 1.67. The van der Waals surface area contributed by atoms with Crippen molar-refractivity contribution in [1.29, 1.82) is 0 Å². The first-order valence-corrected chi connectivity index (χ1v) is 3.83. The fraction of sp³-hybridized carbons (Fsp3) is 0.222. The van der Waals surface area contributed by atoms with Gasteiger partial charge in [-0.25, -0.2) is 13.2 Å². The Hall–Kier alpha value is -1.52. The van der Waals surface area contributed by atoms with Gasteiger partial charge in [0.15, 0.2) is 6.17 Å². The Morgan fingerprint density at radius 2 is 1.93 bits per heavy atom. The lowest BCUT2D eigenvalue weighted by Gasteiger charge is -2.06. The lowest BCUT2D eigenvalue weighted by Crippen LogP contribution is -2.16. The van der Waals surface area contributed by atoms with Crippen LogP contribution in [0.15, 0.2) is 24.3 Å². The monoisotopic (exact) mass is 203 g/mol. The molecule has 0 amide bonds. The van der Waals surface area contributed by atoms with E-state index in [-0.39, 0.29) is 11.3 Å². The Morgan fingerprint density at radius 3 is 2.43 bits per heavy atom. The normalized spacial score (nSPS) is 12.9. The van der Waals surface area contributed by atoms with Gasteiger partial charge in [0.2, 0.25) is 5.78 Å². The Bertz CT molecular complexity index is 341. The molecular formula is C9H8F3NO. The van der Waals surface area contributed by atoms with Crippen molar-refractivity contribution >= 4 is 11.5 Å². The van der Waals surface area contributed by atoms with Gasteiger partial charge in [-0.3, -0.25) is 4.79 Å². The van der Waals surface area contributed by atoms with Gasteiger partial charge in [-0.2, -0.15) is 0 Å². The van der Waals surface area contributed by atoms with Gasteiger partial charge in [0.25, 0.3) is 6.43 Å². The highest BCUT2D eigenvalue weighted by Gasteiger charge is 2.27. The van der Waals surface area contributed by atoms with Crippen molar-refractivity contribution in [3.05, 3.63) is 29.8 Å². The molecule has 0 fully saturated rings. The van der Waals surface area contributed by atoms with Crippen molar-refractivity contribution in [3.63, 3.8) is 0 Å². The zero-order valence-electron chi connectivity index (χ0n) is 7.08. The number of ketones is 1. The first kappa shape index (κ1) is 10.6. The molecule has 2 N–H and O–H groups in total. The van der Waals surface area contributed by atoms with E-state index in [1.807, 2.05) is 0 Å². The van der Waals surface area contributed by atoms with Crippen molar-refractivity contribution in [2.75, 3.05) is 5.73 Å². The molecule has 0 spiro atoms. The number of nitrogen functional groups attached to an aromatic ring is 1. The second-order valence-corrected chi connectivity index (χ2v) is 2.74. The largest absolute Gasteiger partial charge is 0.399 e. The van der Waals surface area contributed by atoms with E-state index in [0.29, 0.717) is 0 Å². The van der Waals surface area contributed by atoms with E-state index in [2.05, 4.69) is 0 Å². The molecule has 0 aliphatic carbocycles. The molecule has 2 nitrogen and oxygen atoms in total. The average Bonchev–Trinajstić information content (AvgIpc) is 2.15. The van der Waals surface area contributed by atoms with Crippen LogP contribution in [0.1, 0.15) is 11.7 Å². The second kappa shape index (κ2) is 4.13. The number of carbonyl (C=O) groups is 1. The van der Waals surface area contributed by atoms with E-state index in [9.17, 15) is 18.0 Å². The number of anilines is 1. The van der Waals surface area contributed by atoms with Crippen molar-refractivity contribution in [1.82, 2.24) is 0 Å². The van der Waals surface area contributed by atoms with Gasteiger partial charge in [-0.1, -0.05) is 12.1 Å². The number of rotatable bonds is 3. The molecule has 14 heavy (non-hydrogen) atoms. The van der Waals surface area contributed by atoms with Crippen molar-refractivity contribution in [3.8, 4) is 0 Å². The summed E-state index contributed by atoms with van der Waals surface area (Å²) < 4.78 is 36.8. The van der Waals surface area contributed by atoms with Gasteiger partial charge in [0.05, 0.1) is 0 Å². The third-order valence-corrected chi connectivity index (χ3v) is 1.67. The smallest absolute Gasteiger partial charge is 0.299 e. The fourth-order valence-electron chi connectivity index (χ4n) is 0.992. The zero-order valence-corrected chi connectivity index (χ0v) is 7.08. The van der Waals surface area contributed by atoms with Crippen LogP contribution in [0.5, 0.6) is 0 Å². The average molecular weight is 203 g/mol. The van der Waals surface area contributed by atoms with E-state index in [1.54, 1.807) is 0 Å². The molecule has 0 aliphatic rings. The Morgan fingerprint density at radius 1 is 1.29 bits per heavy atom. The Balaban J connectivity index is 2.89. The Labute approximate surface area is 78.5 Å². The maximum Gasteiger partial charge on any atom is 0.299 e. The van der Waals surface area contributed by atoms with Crippen LogP contribution >= 0.6 is 0 Å². The summed E-state index contributed by atoms with van der Waals surface area (Å²) >= 11 is 0. The van der Waals surface area contributed by atoms with E-state index in [1.165, 1.54) is 18.2 Å². The summed E-state index contributed by atoms with van der Waals surface area (Å²) in [5.74, 6) is -1.74. The highest BCUT2D eigenvalue weighted by molar-refractivity contribution is 5.87. The molecule has 1 unspecified atom stereocenters. The SMILES string of the molecule is Nc1cccc(C(F)C(=O)C(F)F)c1. The lowest BCUT2D eigenvalue weighted by molar-refractivity contribution is -0.134. The summed E-state index contributed by atoms with van der Waals surface area (Å²) in [7, 11) is 0. The van der Waals surface area contributed by atoms with Crippen LogP contribution in [0.4, 0.5) is 18.9 Å². The number of halogens is 3. The number of hydrogen-bond acceptors (Lipinski definition) is 2. The molecule has 0 radical (unpaired) electrons. The van der Waals surface area contributed by atoms with Crippen LogP contribution in [0, 0.1) is 0 Å². The summed E-state index contributed by atoms with van der Waals surface area (Å²) in [6, 6.07) is 5.27. The van der Waals surface area contributed by atoms with Crippen LogP contribution < -0.4 is 5.73 Å². The topological polar surface area (TPSA) is 43.1 Å². The number of alkyl halides is 3. The lowest BCUT2D eigenvalue weighted by atomic mass is 10.1. The van der Waals surface area contributed by atoms with Crippen LogP contribution in [-0.2, 0) is 4.79 Å². The van der Waals surface area contributed by atoms with Crippen molar-refractivity contribution in [2.24, 2.45) is 0 Å². The van der Waals surface area contributed by atoms with Crippen LogP contribution in [0.2, 0.25) is 0 Å². The molecule has 1 aromatic carbocycles. The van der Waals surface area contributed by atoms with Crippen LogP contribution in [0.25, 0.3) is 0 Å².